The summed E-state index contributed by atoms with van der Waals surface area (Å²) in [5.74, 6) is 1.18. The Labute approximate surface area is 124 Å². The predicted molar refractivity (Wildman–Crippen MR) is 78.1 cm³/mol. The molecule has 0 N–H and O–H groups in total. The Balaban J connectivity index is 1.74. The van der Waals surface area contributed by atoms with Gasteiger partial charge >= 0.3 is 0 Å². The maximum atomic E-state index is 12.0. The zero-order chi connectivity index (χ0) is 14.4. The van der Waals surface area contributed by atoms with E-state index in [-0.39, 0.29) is 12.5 Å². The first kappa shape index (κ1) is 15.1. The minimum Gasteiger partial charge on any atom is -0.484 e. The van der Waals surface area contributed by atoms with E-state index in [1.165, 1.54) is 0 Å². The summed E-state index contributed by atoms with van der Waals surface area (Å²) >= 11 is 5.79. The first-order valence-electron chi connectivity index (χ1n) is 6.85. The molecule has 1 aliphatic heterocycles. The quantitative estimate of drug-likeness (QED) is 0.838. The first-order chi connectivity index (χ1) is 9.65. The molecule has 1 saturated heterocycles. The van der Waals surface area contributed by atoms with Crippen molar-refractivity contribution in [3.63, 3.8) is 0 Å². The Morgan fingerprint density at radius 1 is 1.35 bits per heavy atom. The van der Waals surface area contributed by atoms with Gasteiger partial charge in [-0.1, -0.05) is 11.6 Å². The number of amides is 1. The summed E-state index contributed by atoms with van der Waals surface area (Å²) in [6.07, 6.45) is 2.05. The van der Waals surface area contributed by atoms with E-state index in [9.17, 15) is 4.79 Å². The zero-order valence-corrected chi connectivity index (χ0v) is 12.4. The topological polar surface area (TPSA) is 38.8 Å². The molecule has 0 saturated carbocycles. The standard InChI is InChI=1S/C15H20ClNO3/c1-17(10-12-6-8-19-9-7-12)15(18)11-20-14-4-2-13(16)3-5-14/h2-5,12H,6-11H2,1H3. The first-order valence-corrected chi connectivity index (χ1v) is 7.23. The van der Waals surface area contributed by atoms with Gasteiger partial charge in [0.05, 0.1) is 0 Å². The maximum Gasteiger partial charge on any atom is 0.260 e. The van der Waals surface area contributed by atoms with Crippen molar-refractivity contribution in [3.8, 4) is 5.75 Å². The summed E-state index contributed by atoms with van der Waals surface area (Å²) in [5, 5.41) is 0.653. The van der Waals surface area contributed by atoms with Crippen LogP contribution in [0.25, 0.3) is 0 Å². The summed E-state index contributed by atoms with van der Waals surface area (Å²) in [5.41, 5.74) is 0. The van der Waals surface area contributed by atoms with Gasteiger partial charge < -0.3 is 14.4 Å². The number of hydrogen-bond donors (Lipinski definition) is 0. The number of nitrogens with zero attached hydrogens (tertiary/aromatic N) is 1. The number of benzene rings is 1. The number of carbonyl (C=O) groups excluding carboxylic acids is 1. The summed E-state index contributed by atoms with van der Waals surface area (Å²) < 4.78 is 10.8. The zero-order valence-electron chi connectivity index (χ0n) is 11.7. The van der Waals surface area contributed by atoms with Crippen LogP contribution in [0, 0.1) is 5.92 Å². The lowest BCUT2D eigenvalue weighted by Crippen LogP contribution is -2.36. The second kappa shape index (κ2) is 7.50. The van der Waals surface area contributed by atoms with Crippen LogP contribution in [0.2, 0.25) is 5.02 Å². The molecule has 0 atom stereocenters. The molecule has 110 valence electrons. The van der Waals surface area contributed by atoms with Crippen LogP contribution in [0.15, 0.2) is 24.3 Å². The fourth-order valence-electron chi connectivity index (χ4n) is 2.20. The highest BCUT2D eigenvalue weighted by atomic mass is 35.5. The van der Waals surface area contributed by atoms with Crippen LogP contribution in [0.3, 0.4) is 0 Å². The third-order valence-electron chi connectivity index (χ3n) is 3.47. The SMILES string of the molecule is CN(CC1CCOCC1)C(=O)COc1ccc(Cl)cc1. The molecule has 4 nitrogen and oxygen atoms in total. The van der Waals surface area contributed by atoms with Crippen molar-refractivity contribution in [2.75, 3.05) is 33.4 Å². The van der Waals surface area contributed by atoms with Gasteiger partial charge in [-0.2, -0.15) is 0 Å². The van der Waals surface area contributed by atoms with Crippen molar-refractivity contribution in [2.24, 2.45) is 5.92 Å². The number of hydrogen-bond acceptors (Lipinski definition) is 3. The van der Waals surface area contributed by atoms with Crippen molar-refractivity contribution in [2.45, 2.75) is 12.8 Å². The molecule has 2 rings (SSSR count). The molecule has 0 bridgehead atoms. The van der Waals surface area contributed by atoms with E-state index in [0.29, 0.717) is 16.7 Å². The van der Waals surface area contributed by atoms with Crippen molar-refractivity contribution < 1.29 is 14.3 Å². The van der Waals surface area contributed by atoms with Gasteiger partial charge in [0.25, 0.3) is 5.91 Å². The Morgan fingerprint density at radius 2 is 2.00 bits per heavy atom. The van der Waals surface area contributed by atoms with Gasteiger partial charge in [0, 0.05) is 31.8 Å². The number of rotatable bonds is 5. The smallest absolute Gasteiger partial charge is 0.260 e. The minimum absolute atomic E-state index is 0.00792. The molecule has 1 aromatic rings. The highest BCUT2D eigenvalue weighted by molar-refractivity contribution is 6.30. The van der Waals surface area contributed by atoms with Gasteiger partial charge in [0.1, 0.15) is 5.75 Å². The fourth-order valence-corrected chi connectivity index (χ4v) is 2.33. The molecule has 1 aliphatic rings. The molecule has 0 aromatic heterocycles. The second-order valence-corrected chi connectivity index (χ2v) is 5.51. The Morgan fingerprint density at radius 3 is 2.65 bits per heavy atom. The van der Waals surface area contributed by atoms with Gasteiger partial charge in [-0.05, 0) is 43.0 Å². The van der Waals surface area contributed by atoms with Crippen LogP contribution in [0.5, 0.6) is 5.75 Å². The van der Waals surface area contributed by atoms with Gasteiger partial charge in [0.15, 0.2) is 6.61 Å². The Bertz CT molecular complexity index is 429. The molecule has 0 spiro atoms. The van der Waals surface area contributed by atoms with E-state index >= 15 is 0 Å². The summed E-state index contributed by atoms with van der Waals surface area (Å²) in [4.78, 5) is 13.7. The van der Waals surface area contributed by atoms with E-state index < -0.39 is 0 Å². The third kappa shape index (κ3) is 4.69. The van der Waals surface area contributed by atoms with Crippen molar-refractivity contribution in [3.05, 3.63) is 29.3 Å². The third-order valence-corrected chi connectivity index (χ3v) is 3.73. The fraction of sp³-hybridized carbons (Fsp3) is 0.533. The predicted octanol–water partition coefficient (Wildman–Crippen LogP) is 2.60. The van der Waals surface area contributed by atoms with Gasteiger partial charge in [-0.15, -0.1) is 0 Å². The molecule has 0 unspecified atom stereocenters. The number of likely N-dealkylation sites (N-methyl/N-ethyl adjacent to an activating group) is 1. The second-order valence-electron chi connectivity index (χ2n) is 5.07. The van der Waals surface area contributed by atoms with Crippen LogP contribution in [0.4, 0.5) is 0 Å². The largest absolute Gasteiger partial charge is 0.484 e. The van der Waals surface area contributed by atoms with Crippen LogP contribution in [0.1, 0.15) is 12.8 Å². The lowest BCUT2D eigenvalue weighted by atomic mass is 10.00. The van der Waals surface area contributed by atoms with E-state index in [2.05, 4.69) is 0 Å². The minimum atomic E-state index is -0.00792. The average molecular weight is 298 g/mol. The van der Waals surface area contributed by atoms with Gasteiger partial charge in [-0.3, -0.25) is 4.79 Å². The molecule has 1 heterocycles. The highest BCUT2D eigenvalue weighted by Crippen LogP contribution is 2.17. The van der Waals surface area contributed by atoms with Gasteiger partial charge in [0.2, 0.25) is 0 Å². The van der Waals surface area contributed by atoms with Crippen LogP contribution in [-0.4, -0.2) is 44.2 Å². The van der Waals surface area contributed by atoms with Gasteiger partial charge in [-0.25, -0.2) is 0 Å². The van der Waals surface area contributed by atoms with Crippen LogP contribution in [-0.2, 0) is 9.53 Å². The van der Waals surface area contributed by atoms with Crippen molar-refractivity contribution in [1.29, 1.82) is 0 Å². The number of carbonyl (C=O) groups is 1. The van der Waals surface area contributed by atoms with Crippen LogP contribution < -0.4 is 4.74 Å². The summed E-state index contributed by atoms with van der Waals surface area (Å²) in [6.45, 7) is 2.43. The molecule has 1 amide bonds. The Hall–Kier alpha value is -1.26. The van der Waals surface area contributed by atoms with E-state index in [0.717, 1.165) is 32.6 Å². The molecule has 0 radical (unpaired) electrons. The molecule has 5 heteroatoms. The monoisotopic (exact) mass is 297 g/mol. The lowest BCUT2D eigenvalue weighted by molar-refractivity contribution is -0.133. The molecule has 0 aliphatic carbocycles. The highest BCUT2D eigenvalue weighted by Gasteiger charge is 2.18. The molecule has 1 fully saturated rings. The maximum absolute atomic E-state index is 12.0. The normalized spacial score (nSPS) is 15.9. The van der Waals surface area contributed by atoms with Crippen LogP contribution >= 0.6 is 11.6 Å². The van der Waals surface area contributed by atoms with Crippen molar-refractivity contribution in [1.82, 2.24) is 4.90 Å². The van der Waals surface area contributed by atoms with E-state index in [4.69, 9.17) is 21.1 Å². The molecule has 20 heavy (non-hydrogen) atoms. The average Bonchev–Trinajstić information content (AvgIpc) is 2.47. The Kier molecular flexibility index (Phi) is 5.68. The summed E-state index contributed by atoms with van der Waals surface area (Å²) in [7, 11) is 1.82. The molecular weight excluding hydrogens is 278 g/mol. The number of ether oxygens (including phenoxy) is 2. The van der Waals surface area contributed by atoms with E-state index in [1.54, 1.807) is 29.2 Å². The lowest BCUT2D eigenvalue weighted by Gasteiger charge is -2.27. The van der Waals surface area contributed by atoms with Crippen molar-refractivity contribution >= 4 is 17.5 Å². The number of halogens is 1. The molecular formula is C15H20ClNO3. The molecule has 1 aromatic carbocycles. The summed E-state index contributed by atoms with van der Waals surface area (Å²) in [6, 6.07) is 7.00. The van der Waals surface area contributed by atoms with E-state index in [1.807, 2.05) is 7.05 Å².